The number of nitrogen functional groups attached to an aromatic ring is 1. The molecule has 2 aromatic heterocycles. The zero-order valence-electron chi connectivity index (χ0n) is 7.47. The molecule has 2 heterocycles. The van der Waals surface area contributed by atoms with E-state index in [1.54, 1.807) is 25.4 Å². The molecule has 0 aliphatic rings. The van der Waals surface area contributed by atoms with Crippen molar-refractivity contribution in [1.82, 2.24) is 14.3 Å². The van der Waals surface area contributed by atoms with Crippen LogP contribution in [0.4, 0.5) is 5.13 Å². The van der Waals surface area contributed by atoms with Gasteiger partial charge in [-0.3, -0.25) is 0 Å². The Labute approximate surface area is 84.7 Å². The smallest absolute Gasteiger partial charge is 0.200 e. The van der Waals surface area contributed by atoms with Gasteiger partial charge in [0, 0.05) is 17.7 Å². The quantitative estimate of drug-likeness (QED) is 0.802. The molecular weight excluding hydrogens is 200 g/mol. The van der Waals surface area contributed by atoms with Gasteiger partial charge in [-0.05, 0) is 12.1 Å². The van der Waals surface area contributed by atoms with Crippen LogP contribution in [0.25, 0.3) is 11.5 Å². The molecular formula is C8H8N4OS. The van der Waals surface area contributed by atoms with E-state index < -0.39 is 0 Å². The third kappa shape index (κ3) is 1.51. The average Bonchev–Trinajstić information content (AvgIpc) is 2.65. The Morgan fingerprint density at radius 3 is 3.00 bits per heavy atom. The standard InChI is InChI=1S/C8H8N4OS/c1-13-5-3-2-4-10-6(5)7-11-8(9)14-12-7/h2-4H,1H3,(H2,9,11,12). The molecule has 0 fully saturated rings. The van der Waals surface area contributed by atoms with Gasteiger partial charge in [0.25, 0.3) is 0 Å². The van der Waals surface area contributed by atoms with E-state index in [1.807, 2.05) is 0 Å². The lowest BCUT2D eigenvalue weighted by molar-refractivity contribution is 0.414. The van der Waals surface area contributed by atoms with E-state index >= 15 is 0 Å². The van der Waals surface area contributed by atoms with Gasteiger partial charge in [-0.2, -0.15) is 9.36 Å². The Morgan fingerprint density at radius 2 is 2.36 bits per heavy atom. The number of methoxy groups -OCH3 is 1. The predicted octanol–water partition coefficient (Wildman–Crippen LogP) is 1.19. The summed E-state index contributed by atoms with van der Waals surface area (Å²) in [5, 5.41) is 0.424. The molecule has 0 bridgehead atoms. The zero-order chi connectivity index (χ0) is 9.97. The van der Waals surface area contributed by atoms with Gasteiger partial charge in [-0.25, -0.2) is 4.98 Å². The van der Waals surface area contributed by atoms with Crippen molar-refractivity contribution >= 4 is 16.7 Å². The van der Waals surface area contributed by atoms with E-state index in [4.69, 9.17) is 10.5 Å². The highest BCUT2D eigenvalue weighted by Gasteiger charge is 2.11. The number of rotatable bonds is 2. The Kier molecular flexibility index (Phi) is 2.28. The van der Waals surface area contributed by atoms with Crippen LogP contribution in [0.1, 0.15) is 0 Å². The van der Waals surface area contributed by atoms with Gasteiger partial charge >= 0.3 is 0 Å². The fraction of sp³-hybridized carbons (Fsp3) is 0.125. The second-order valence-corrected chi connectivity index (χ2v) is 3.29. The molecule has 2 N–H and O–H groups in total. The van der Waals surface area contributed by atoms with Crippen LogP contribution in [0.2, 0.25) is 0 Å². The molecule has 2 aromatic rings. The van der Waals surface area contributed by atoms with Gasteiger partial charge < -0.3 is 10.5 Å². The topological polar surface area (TPSA) is 73.9 Å². The number of hydrogen-bond donors (Lipinski definition) is 1. The van der Waals surface area contributed by atoms with Gasteiger partial charge in [0.05, 0.1) is 7.11 Å². The van der Waals surface area contributed by atoms with E-state index in [1.165, 1.54) is 0 Å². The maximum absolute atomic E-state index is 5.48. The third-order valence-electron chi connectivity index (χ3n) is 1.64. The van der Waals surface area contributed by atoms with Gasteiger partial charge in [-0.1, -0.05) is 0 Å². The van der Waals surface area contributed by atoms with E-state index in [-0.39, 0.29) is 0 Å². The SMILES string of the molecule is COc1cccnc1-c1nsc(N)n1. The first-order chi connectivity index (χ1) is 6.81. The molecule has 0 aliphatic heterocycles. The molecule has 0 saturated heterocycles. The van der Waals surface area contributed by atoms with Crippen molar-refractivity contribution in [2.24, 2.45) is 0 Å². The number of ether oxygens (including phenoxy) is 1. The first-order valence-electron chi connectivity index (χ1n) is 3.90. The number of nitrogens with zero attached hydrogens (tertiary/aromatic N) is 3. The highest BCUT2D eigenvalue weighted by molar-refractivity contribution is 7.09. The van der Waals surface area contributed by atoms with Gasteiger partial charge in [0.1, 0.15) is 5.75 Å². The summed E-state index contributed by atoms with van der Waals surface area (Å²) in [7, 11) is 1.58. The van der Waals surface area contributed by atoms with Crippen molar-refractivity contribution in [2.75, 3.05) is 12.8 Å². The Balaban J connectivity index is 2.50. The van der Waals surface area contributed by atoms with E-state index in [0.717, 1.165) is 11.5 Å². The molecule has 6 heteroatoms. The second kappa shape index (κ2) is 3.59. The molecule has 0 amide bonds. The molecule has 14 heavy (non-hydrogen) atoms. The number of aromatic nitrogens is 3. The fourth-order valence-corrected chi connectivity index (χ4v) is 1.49. The molecule has 2 rings (SSSR count). The number of anilines is 1. The van der Waals surface area contributed by atoms with E-state index in [0.29, 0.717) is 22.4 Å². The van der Waals surface area contributed by atoms with Gasteiger partial charge in [-0.15, -0.1) is 0 Å². The van der Waals surface area contributed by atoms with Gasteiger partial charge in [0.2, 0.25) is 0 Å². The summed E-state index contributed by atoms with van der Waals surface area (Å²) in [4.78, 5) is 8.17. The number of pyridine rings is 1. The van der Waals surface area contributed by atoms with E-state index in [2.05, 4.69) is 14.3 Å². The summed E-state index contributed by atoms with van der Waals surface area (Å²) in [5.74, 6) is 1.15. The maximum atomic E-state index is 5.48. The second-order valence-electron chi connectivity index (χ2n) is 2.51. The lowest BCUT2D eigenvalue weighted by Gasteiger charge is -2.02. The van der Waals surface area contributed by atoms with Crippen LogP contribution in [-0.4, -0.2) is 21.5 Å². The Morgan fingerprint density at radius 1 is 1.50 bits per heavy atom. The van der Waals surface area contributed by atoms with Crippen molar-refractivity contribution in [2.45, 2.75) is 0 Å². The maximum Gasteiger partial charge on any atom is 0.200 e. The summed E-state index contributed by atoms with van der Waals surface area (Å²) in [5.41, 5.74) is 6.10. The minimum atomic E-state index is 0.424. The van der Waals surface area contributed by atoms with Gasteiger partial charge in [0.15, 0.2) is 16.6 Å². The molecule has 5 nitrogen and oxygen atoms in total. The minimum Gasteiger partial charge on any atom is -0.494 e. The van der Waals surface area contributed by atoms with Crippen molar-refractivity contribution in [1.29, 1.82) is 0 Å². The molecule has 0 aromatic carbocycles. The van der Waals surface area contributed by atoms with Crippen LogP contribution in [0.3, 0.4) is 0 Å². The molecule has 0 saturated carbocycles. The first kappa shape index (κ1) is 8.89. The fourth-order valence-electron chi connectivity index (χ4n) is 1.05. The predicted molar refractivity (Wildman–Crippen MR) is 54.1 cm³/mol. The first-order valence-corrected chi connectivity index (χ1v) is 4.67. The molecule has 0 unspecified atom stereocenters. The van der Waals surface area contributed by atoms with Crippen LogP contribution < -0.4 is 10.5 Å². The van der Waals surface area contributed by atoms with Crippen molar-refractivity contribution in [3.05, 3.63) is 18.3 Å². The number of hydrogen-bond acceptors (Lipinski definition) is 6. The largest absolute Gasteiger partial charge is 0.494 e. The highest BCUT2D eigenvalue weighted by atomic mass is 32.1. The normalized spacial score (nSPS) is 10.1. The molecule has 0 aliphatic carbocycles. The molecule has 0 atom stereocenters. The van der Waals surface area contributed by atoms with Crippen molar-refractivity contribution in [3.8, 4) is 17.3 Å². The Hall–Kier alpha value is -1.69. The average molecular weight is 208 g/mol. The molecule has 72 valence electrons. The molecule has 0 radical (unpaired) electrons. The van der Waals surface area contributed by atoms with E-state index in [9.17, 15) is 0 Å². The summed E-state index contributed by atoms with van der Waals surface area (Å²) < 4.78 is 9.19. The monoisotopic (exact) mass is 208 g/mol. The van der Waals surface area contributed by atoms with Crippen molar-refractivity contribution in [3.63, 3.8) is 0 Å². The van der Waals surface area contributed by atoms with Crippen molar-refractivity contribution < 1.29 is 4.74 Å². The lowest BCUT2D eigenvalue weighted by atomic mass is 10.3. The van der Waals surface area contributed by atoms with Crippen LogP contribution in [0.5, 0.6) is 5.75 Å². The summed E-state index contributed by atoms with van der Waals surface area (Å²) >= 11 is 1.14. The summed E-state index contributed by atoms with van der Waals surface area (Å²) in [6, 6.07) is 3.59. The summed E-state index contributed by atoms with van der Waals surface area (Å²) in [6.07, 6.45) is 1.66. The van der Waals surface area contributed by atoms with Crippen LogP contribution in [0, 0.1) is 0 Å². The lowest BCUT2D eigenvalue weighted by Crippen LogP contribution is -1.92. The minimum absolute atomic E-state index is 0.424. The highest BCUT2D eigenvalue weighted by Crippen LogP contribution is 2.25. The van der Waals surface area contributed by atoms with Crippen LogP contribution in [0.15, 0.2) is 18.3 Å². The third-order valence-corrected chi connectivity index (χ3v) is 2.19. The molecule has 0 spiro atoms. The zero-order valence-corrected chi connectivity index (χ0v) is 8.28. The van der Waals surface area contributed by atoms with Crippen LogP contribution >= 0.6 is 11.5 Å². The Bertz CT molecular complexity index is 442. The number of nitrogens with two attached hydrogens (primary N) is 1. The van der Waals surface area contributed by atoms with Crippen LogP contribution in [-0.2, 0) is 0 Å². The summed E-state index contributed by atoms with van der Waals surface area (Å²) in [6.45, 7) is 0.